The van der Waals surface area contributed by atoms with Gasteiger partial charge in [0.15, 0.2) is 0 Å². The van der Waals surface area contributed by atoms with Gasteiger partial charge in [-0.3, -0.25) is 14.6 Å². The Morgan fingerprint density at radius 1 is 1.30 bits per heavy atom. The molecule has 1 aromatic heterocycles. The van der Waals surface area contributed by atoms with E-state index in [-0.39, 0.29) is 5.91 Å². The number of carbonyl (C=O) groups excluding carboxylic acids is 1. The fraction of sp³-hybridized carbons (Fsp3) is 0.357. The number of carbonyl (C=O) groups is 2. The van der Waals surface area contributed by atoms with Crippen molar-refractivity contribution in [3.8, 4) is 0 Å². The number of fused-ring (bicyclic) bond motifs is 2. The lowest BCUT2D eigenvalue weighted by atomic mass is 9.82. The standard InChI is InChI=1S/C14H14N2O4/c17-13(16-7-8-2-1-5-15-6-8)11-9-3-4-10(20-9)12(11)14(18)19/h1-6,9-12H,7H2,(H,16,17)(H,18,19)/t9-,10+,11+,12-/m1/s1. The van der Waals surface area contributed by atoms with Gasteiger partial charge in [-0.05, 0) is 11.6 Å². The van der Waals surface area contributed by atoms with Gasteiger partial charge in [-0.1, -0.05) is 18.2 Å². The Morgan fingerprint density at radius 2 is 2.05 bits per heavy atom. The smallest absolute Gasteiger partial charge is 0.310 e. The molecule has 0 saturated carbocycles. The number of hydrogen-bond acceptors (Lipinski definition) is 4. The third-order valence-electron chi connectivity index (χ3n) is 3.68. The number of carboxylic acid groups (broad SMARTS) is 1. The Hall–Kier alpha value is -2.21. The van der Waals surface area contributed by atoms with Gasteiger partial charge in [-0.25, -0.2) is 0 Å². The highest BCUT2D eigenvalue weighted by molar-refractivity contribution is 5.87. The second-order valence-electron chi connectivity index (χ2n) is 4.92. The third kappa shape index (κ3) is 2.18. The number of nitrogens with one attached hydrogen (secondary N) is 1. The van der Waals surface area contributed by atoms with E-state index in [1.54, 1.807) is 30.6 Å². The van der Waals surface area contributed by atoms with Gasteiger partial charge in [0.1, 0.15) is 5.92 Å². The summed E-state index contributed by atoms with van der Waals surface area (Å²) in [7, 11) is 0. The Labute approximate surface area is 115 Å². The summed E-state index contributed by atoms with van der Waals surface area (Å²) in [6, 6.07) is 3.63. The molecule has 0 aliphatic carbocycles. The molecule has 104 valence electrons. The first-order valence-corrected chi connectivity index (χ1v) is 6.40. The molecule has 1 aromatic rings. The summed E-state index contributed by atoms with van der Waals surface area (Å²) in [6.45, 7) is 0.330. The van der Waals surface area contributed by atoms with Gasteiger partial charge in [0.25, 0.3) is 0 Å². The number of carboxylic acids is 1. The van der Waals surface area contributed by atoms with Gasteiger partial charge < -0.3 is 15.2 Å². The predicted molar refractivity (Wildman–Crippen MR) is 68.5 cm³/mol. The summed E-state index contributed by atoms with van der Waals surface area (Å²) in [6.07, 6.45) is 5.86. The highest BCUT2D eigenvalue weighted by Gasteiger charge is 2.53. The lowest BCUT2D eigenvalue weighted by Crippen LogP contribution is -2.42. The van der Waals surface area contributed by atoms with Crippen molar-refractivity contribution in [3.63, 3.8) is 0 Å². The van der Waals surface area contributed by atoms with Gasteiger partial charge in [0.2, 0.25) is 5.91 Å². The number of hydrogen-bond donors (Lipinski definition) is 2. The normalized spacial score (nSPS) is 30.4. The molecule has 0 unspecified atom stereocenters. The monoisotopic (exact) mass is 274 g/mol. The molecule has 3 rings (SSSR count). The van der Waals surface area contributed by atoms with Gasteiger partial charge >= 0.3 is 5.97 Å². The van der Waals surface area contributed by atoms with E-state index in [1.807, 2.05) is 6.07 Å². The molecule has 1 fully saturated rings. The zero-order valence-corrected chi connectivity index (χ0v) is 10.6. The molecule has 3 heterocycles. The average Bonchev–Trinajstić information content (AvgIpc) is 3.06. The van der Waals surface area contributed by atoms with Gasteiger partial charge in [0.05, 0.1) is 18.1 Å². The van der Waals surface area contributed by atoms with Crippen LogP contribution in [0.25, 0.3) is 0 Å². The zero-order chi connectivity index (χ0) is 14.1. The molecule has 2 N–H and O–H groups in total. The summed E-state index contributed by atoms with van der Waals surface area (Å²) < 4.78 is 5.47. The van der Waals surface area contributed by atoms with Crippen molar-refractivity contribution in [2.75, 3.05) is 0 Å². The van der Waals surface area contributed by atoms with Crippen LogP contribution >= 0.6 is 0 Å². The van der Waals surface area contributed by atoms with Crippen LogP contribution in [0.1, 0.15) is 5.56 Å². The zero-order valence-electron chi connectivity index (χ0n) is 10.6. The second-order valence-corrected chi connectivity index (χ2v) is 4.92. The summed E-state index contributed by atoms with van der Waals surface area (Å²) >= 11 is 0. The maximum absolute atomic E-state index is 12.2. The Morgan fingerprint density at radius 3 is 2.70 bits per heavy atom. The minimum atomic E-state index is -0.997. The van der Waals surface area contributed by atoms with Crippen molar-refractivity contribution in [1.82, 2.24) is 10.3 Å². The SMILES string of the molecule is O=C(NCc1cccnc1)[C@@H]1[C@H](C(=O)O)[C@@H]2C=C[C@H]1O2. The topological polar surface area (TPSA) is 88.5 Å². The molecule has 6 heteroatoms. The number of pyridine rings is 1. The van der Waals surface area contributed by atoms with Gasteiger partial charge in [0, 0.05) is 18.9 Å². The van der Waals surface area contributed by atoms with E-state index in [4.69, 9.17) is 4.74 Å². The lowest BCUT2D eigenvalue weighted by molar-refractivity contribution is -0.146. The number of rotatable bonds is 4. The molecule has 6 nitrogen and oxygen atoms in total. The van der Waals surface area contributed by atoms with E-state index >= 15 is 0 Å². The fourth-order valence-corrected chi connectivity index (χ4v) is 2.72. The number of aromatic nitrogens is 1. The quantitative estimate of drug-likeness (QED) is 0.773. The maximum Gasteiger partial charge on any atom is 0.310 e. The first-order valence-electron chi connectivity index (χ1n) is 6.40. The lowest BCUT2D eigenvalue weighted by Gasteiger charge is -2.20. The minimum Gasteiger partial charge on any atom is -0.481 e. The molecule has 0 spiro atoms. The van der Waals surface area contributed by atoms with E-state index in [0.717, 1.165) is 5.56 Å². The number of ether oxygens (including phenoxy) is 1. The van der Waals surface area contributed by atoms with Crippen LogP contribution in [0.3, 0.4) is 0 Å². The van der Waals surface area contributed by atoms with E-state index in [2.05, 4.69) is 10.3 Å². The number of aliphatic carboxylic acids is 1. The van der Waals surface area contributed by atoms with Crippen LogP contribution in [0, 0.1) is 11.8 Å². The Bertz CT molecular complexity index is 558. The van der Waals surface area contributed by atoms with Crippen LogP contribution in [0.15, 0.2) is 36.7 Å². The van der Waals surface area contributed by atoms with Crippen LogP contribution in [-0.4, -0.2) is 34.2 Å². The Balaban J connectivity index is 1.68. The molecule has 2 aliphatic rings. The highest BCUT2D eigenvalue weighted by Crippen LogP contribution is 2.39. The van der Waals surface area contributed by atoms with Crippen molar-refractivity contribution < 1.29 is 19.4 Å². The first kappa shape index (κ1) is 12.8. The average molecular weight is 274 g/mol. The van der Waals surface area contributed by atoms with Crippen molar-refractivity contribution in [2.45, 2.75) is 18.8 Å². The predicted octanol–water partition coefficient (Wildman–Crippen LogP) is 0.352. The molecule has 1 amide bonds. The molecule has 2 aliphatic heterocycles. The van der Waals surface area contributed by atoms with E-state index in [0.29, 0.717) is 6.54 Å². The van der Waals surface area contributed by atoms with Crippen LogP contribution < -0.4 is 5.32 Å². The van der Waals surface area contributed by atoms with Crippen molar-refractivity contribution in [2.24, 2.45) is 11.8 Å². The minimum absolute atomic E-state index is 0.293. The van der Waals surface area contributed by atoms with Crippen molar-refractivity contribution >= 4 is 11.9 Å². The van der Waals surface area contributed by atoms with E-state index < -0.39 is 30.0 Å². The number of nitrogens with zero attached hydrogens (tertiary/aromatic N) is 1. The van der Waals surface area contributed by atoms with Crippen molar-refractivity contribution in [1.29, 1.82) is 0 Å². The first-order chi connectivity index (χ1) is 9.66. The molecule has 0 aromatic carbocycles. The van der Waals surface area contributed by atoms with Crippen LogP contribution in [0.5, 0.6) is 0 Å². The third-order valence-corrected chi connectivity index (χ3v) is 3.68. The molecule has 20 heavy (non-hydrogen) atoms. The van der Waals surface area contributed by atoms with E-state index in [9.17, 15) is 14.7 Å². The van der Waals surface area contributed by atoms with Gasteiger partial charge in [-0.2, -0.15) is 0 Å². The largest absolute Gasteiger partial charge is 0.481 e. The van der Waals surface area contributed by atoms with Crippen LogP contribution in [-0.2, 0) is 20.9 Å². The van der Waals surface area contributed by atoms with Crippen LogP contribution in [0.4, 0.5) is 0 Å². The molecule has 2 bridgehead atoms. The highest BCUT2D eigenvalue weighted by atomic mass is 16.5. The van der Waals surface area contributed by atoms with Gasteiger partial charge in [-0.15, -0.1) is 0 Å². The summed E-state index contributed by atoms with van der Waals surface area (Å²) in [5.74, 6) is -2.76. The van der Waals surface area contributed by atoms with Crippen molar-refractivity contribution in [3.05, 3.63) is 42.2 Å². The second kappa shape index (κ2) is 5.05. The molecular weight excluding hydrogens is 260 g/mol. The maximum atomic E-state index is 12.2. The summed E-state index contributed by atoms with van der Waals surface area (Å²) in [4.78, 5) is 27.5. The molecule has 4 atom stereocenters. The summed E-state index contributed by atoms with van der Waals surface area (Å²) in [5, 5.41) is 12.0. The van der Waals surface area contributed by atoms with Crippen LogP contribution in [0.2, 0.25) is 0 Å². The molecular formula is C14H14N2O4. The van der Waals surface area contributed by atoms with E-state index in [1.165, 1.54) is 0 Å². The molecule has 0 radical (unpaired) electrons. The summed E-state index contributed by atoms with van der Waals surface area (Å²) in [5.41, 5.74) is 0.868. The fourth-order valence-electron chi connectivity index (χ4n) is 2.72. The molecule has 1 saturated heterocycles. The number of amides is 1. The Kier molecular flexibility index (Phi) is 3.23.